The number of halogens is 3. The Labute approximate surface area is 358 Å². The molecule has 0 unspecified atom stereocenters. The number of carbonyl (C=O) groups excluding carboxylic acids is 4. The lowest BCUT2D eigenvalue weighted by Crippen LogP contribution is -2.58. The number of fused-ring (bicyclic) bond motifs is 3. The molecule has 1 aromatic heterocycles. The molecule has 62 heavy (non-hydrogen) atoms. The second kappa shape index (κ2) is 17.3. The minimum atomic E-state index is -4.10. The number of sulfonamides is 1. The summed E-state index contributed by atoms with van der Waals surface area (Å²) < 4.78 is 93.1. The van der Waals surface area contributed by atoms with Gasteiger partial charge in [0.25, 0.3) is 11.8 Å². The lowest BCUT2D eigenvalue weighted by atomic mass is 9.85. The van der Waals surface area contributed by atoms with Crippen molar-refractivity contribution in [3.8, 4) is 17.4 Å². The minimum absolute atomic E-state index is 0.0132. The molecule has 16 nitrogen and oxygen atoms in total. The molecule has 0 spiro atoms. The van der Waals surface area contributed by atoms with Crippen molar-refractivity contribution < 1.29 is 59.7 Å². The van der Waals surface area contributed by atoms with E-state index in [4.69, 9.17) is 18.9 Å². The topological polar surface area (TPSA) is 204 Å². The van der Waals surface area contributed by atoms with Gasteiger partial charge < -0.3 is 29.2 Å². The van der Waals surface area contributed by atoms with Crippen LogP contribution < -0.4 is 24.2 Å². The number of pyridine rings is 1. The van der Waals surface area contributed by atoms with Gasteiger partial charge in [-0.15, -0.1) is 0 Å². The van der Waals surface area contributed by atoms with Crippen molar-refractivity contribution in [3.63, 3.8) is 0 Å². The summed E-state index contributed by atoms with van der Waals surface area (Å²) in [5.41, 5.74) is -3.68. The molecule has 3 heterocycles. The number of ether oxygens (including phenoxy) is 4. The molecule has 0 radical (unpaired) electrons. The van der Waals surface area contributed by atoms with Gasteiger partial charge in [0.2, 0.25) is 27.7 Å². The molecule has 2 aromatic rings. The van der Waals surface area contributed by atoms with Crippen molar-refractivity contribution in [2.75, 3.05) is 20.8 Å². The third-order valence-corrected chi connectivity index (χ3v) is 14.9. The van der Waals surface area contributed by atoms with E-state index < -0.39 is 91.5 Å². The van der Waals surface area contributed by atoms with E-state index in [1.54, 1.807) is 6.08 Å². The summed E-state index contributed by atoms with van der Waals surface area (Å²) in [5.74, 6) is -7.62. The SMILES string of the molecule is CC[C@@H]1C[C@H](C)CC/C=C\[C@@H]2C[C@@]2(C(=O)NS(=O)(=O)C2(C)CC2)NC(=O)[C@@H]2C[C@@H](Oc3cc(OC)nc4cc(OC)c(F)cc34)CN2C(=O)[C@H]1N=NC(=O)OC(C)(C)C(C)(F)F. The van der Waals surface area contributed by atoms with Crippen molar-refractivity contribution in [1.29, 1.82) is 0 Å². The van der Waals surface area contributed by atoms with Crippen LogP contribution in [0.25, 0.3) is 10.9 Å². The Morgan fingerprint density at radius 3 is 2.42 bits per heavy atom. The zero-order valence-electron chi connectivity index (χ0n) is 36.1. The third-order valence-electron chi connectivity index (χ3n) is 12.8. The second-order valence-corrected chi connectivity index (χ2v) is 19.9. The number of aromatic nitrogens is 1. The Balaban J connectivity index is 1.40. The second-order valence-electron chi connectivity index (χ2n) is 17.7. The van der Waals surface area contributed by atoms with Crippen molar-refractivity contribution in [2.24, 2.45) is 28.0 Å². The monoisotopic (exact) mass is 892 g/mol. The molecule has 340 valence electrons. The summed E-state index contributed by atoms with van der Waals surface area (Å²) in [6, 6.07) is 1.19. The van der Waals surface area contributed by atoms with Gasteiger partial charge in [-0.05, 0) is 77.2 Å². The van der Waals surface area contributed by atoms with Crippen LogP contribution >= 0.6 is 0 Å². The molecule has 1 saturated heterocycles. The van der Waals surface area contributed by atoms with Gasteiger partial charge in [0.05, 0.1) is 31.0 Å². The molecular weight excluding hydrogens is 838 g/mol. The van der Waals surface area contributed by atoms with Gasteiger partial charge in [0.15, 0.2) is 23.2 Å². The number of rotatable bonds is 11. The maximum absolute atomic E-state index is 15.1. The lowest BCUT2D eigenvalue weighted by molar-refractivity contribution is -0.148. The van der Waals surface area contributed by atoms with Gasteiger partial charge in [-0.3, -0.25) is 19.1 Å². The molecule has 2 aliphatic heterocycles. The Morgan fingerprint density at radius 1 is 1.08 bits per heavy atom. The first-order valence-electron chi connectivity index (χ1n) is 20.7. The molecule has 4 amide bonds. The van der Waals surface area contributed by atoms with E-state index in [2.05, 4.69) is 25.3 Å². The number of nitrogens with one attached hydrogen (secondary N) is 2. The quantitative estimate of drug-likeness (QED) is 0.186. The molecule has 3 fully saturated rings. The molecule has 0 bridgehead atoms. The van der Waals surface area contributed by atoms with Gasteiger partial charge in [-0.2, -0.15) is 5.11 Å². The molecule has 2 N–H and O–H groups in total. The lowest BCUT2D eigenvalue weighted by Gasteiger charge is -2.31. The van der Waals surface area contributed by atoms with Crippen LogP contribution in [0.15, 0.2) is 40.6 Å². The van der Waals surface area contributed by atoms with Gasteiger partial charge in [0, 0.05) is 36.8 Å². The fourth-order valence-corrected chi connectivity index (χ4v) is 9.21. The zero-order chi connectivity index (χ0) is 45.6. The standard InChI is InChI=1S/C42H55F3N6O10S/c1-9-24-16-23(2)12-10-11-13-25-21-42(25,37(54)50-62(56,57)40(5)14-15-40)47-35(52)30-17-26(60-31-20-33(59-8)46-29-19-32(58-7)28(43)18-27(29)31)22-51(30)36(53)34(24)48-49-38(55)61-39(3,4)41(6,44)45/h11,13,18-20,23-26,30,34H,9-10,12,14-17,21-22H2,1-8H3,(H,47,52)(H,50,54)/b13-11-,49-48?/t23-,24-,25-,26-,30+,34+,42-/m1/s1. The van der Waals surface area contributed by atoms with Crippen molar-refractivity contribution in [3.05, 3.63) is 36.2 Å². The summed E-state index contributed by atoms with van der Waals surface area (Å²) in [7, 11) is -1.42. The highest BCUT2D eigenvalue weighted by Gasteiger charge is 2.63. The number of alkyl halides is 2. The molecule has 6 rings (SSSR count). The van der Waals surface area contributed by atoms with E-state index in [1.165, 1.54) is 44.2 Å². The van der Waals surface area contributed by atoms with Crippen molar-refractivity contribution in [1.82, 2.24) is 19.9 Å². The van der Waals surface area contributed by atoms with E-state index >= 15 is 4.39 Å². The number of azo groups is 1. The fraction of sp³-hybridized carbons (Fsp3) is 0.643. The predicted molar refractivity (Wildman–Crippen MR) is 219 cm³/mol. The van der Waals surface area contributed by atoms with Crippen LogP contribution in [0.3, 0.4) is 0 Å². The number of hydrogen-bond acceptors (Lipinski definition) is 12. The van der Waals surface area contributed by atoms with Crippen molar-refractivity contribution >= 4 is 44.7 Å². The summed E-state index contributed by atoms with van der Waals surface area (Å²) in [5, 5.41) is 10.8. The summed E-state index contributed by atoms with van der Waals surface area (Å²) in [4.78, 5) is 62.1. The van der Waals surface area contributed by atoms with Crippen molar-refractivity contribution in [2.45, 2.75) is 133 Å². The molecule has 7 atom stereocenters. The Hall–Kier alpha value is -5.01. The zero-order valence-corrected chi connectivity index (χ0v) is 36.9. The van der Waals surface area contributed by atoms with Crippen LogP contribution in [0.5, 0.6) is 17.4 Å². The summed E-state index contributed by atoms with van der Waals surface area (Å²) in [6.45, 7) is 7.69. The van der Waals surface area contributed by atoms with Gasteiger partial charge in [-0.1, -0.05) is 37.5 Å². The molecule has 1 aromatic carbocycles. The third kappa shape index (κ3) is 9.49. The smallest absolute Gasteiger partial charge is 0.452 e. The predicted octanol–water partition coefficient (Wildman–Crippen LogP) is 6.41. The highest BCUT2D eigenvalue weighted by atomic mass is 32.2. The average molecular weight is 893 g/mol. The van der Waals surface area contributed by atoms with Crippen LogP contribution in [0.2, 0.25) is 0 Å². The van der Waals surface area contributed by atoms with Crippen LogP contribution in [0.4, 0.5) is 18.0 Å². The van der Waals surface area contributed by atoms with Crippen LogP contribution in [-0.2, 0) is 29.1 Å². The number of benzene rings is 1. The molecule has 20 heteroatoms. The van der Waals surface area contributed by atoms with Gasteiger partial charge >= 0.3 is 6.09 Å². The Bertz CT molecular complexity index is 2270. The fourth-order valence-electron chi connectivity index (χ4n) is 7.90. The van der Waals surface area contributed by atoms with Crippen LogP contribution in [-0.4, -0.2) is 103 Å². The first-order chi connectivity index (χ1) is 29.0. The average Bonchev–Trinajstić information content (AvgIpc) is 4.08. The number of nitrogens with zero attached hydrogens (tertiary/aromatic N) is 4. The van der Waals surface area contributed by atoms with Crippen LogP contribution in [0.1, 0.15) is 92.9 Å². The maximum atomic E-state index is 15.1. The molecule has 2 saturated carbocycles. The van der Waals surface area contributed by atoms with E-state index in [0.29, 0.717) is 45.4 Å². The normalized spacial score (nSPS) is 28.5. The number of allylic oxidation sites excluding steroid dienone is 1. The molecule has 2 aliphatic carbocycles. The minimum Gasteiger partial charge on any atom is -0.494 e. The van der Waals surface area contributed by atoms with E-state index in [-0.39, 0.29) is 53.6 Å². The number of carbonyl (C=O) groups is 4. The maximum Gasteiger partial charge on any atom is 0.452 e. The summed E-state index contributed by atoms with van der Waals surface area (Å²) >= 11 is 0. The van der Waals surface area contributed by atoms with Gasteiger partial charge in [-0.25, -0.2) is 31.4 Å². The number of amides is 4. The summed E-state index contributed by atoms with van der Waals surface area (Å²) in [6.07, 6.45) is 3.89. The highest BCUT2D eigenvalue weighted by molar-refractivity contribution is 7.91. The highest BCUT2D eigenvalue weighted by Crippen LogP contribution is 2.48. The first kappa shape index (κ1) is 46.5. The largest absolute Gasteiger partial charge is 0.494 e. The van der Waals surface area contributed by atoms with E-state index in [9.17, 15) is 36.4 Å². The van der Waals surface area contributed by atoms with E-state index in [0.717, 1.165) is 13.8 Å². The molecular formula is C42H55F3N6O10S. The van der Waals surface area contributed by atoms with Gasteiger partial charge in [0.1, 0.15) is 23.4 Å². The Kier molecular flexibility index (Phi) is 13.0. The number of methoxy groups -OCH3 is 2. The number of hydrogen-bond donors (Lipinski definition) is 2. The molecule has 4 aliphatic rings. The van der Waals surface area contributed by atoms with E-state index in [1.807, 2.05) is 19.9 Å². The van der Waals surface area contributed by atoms with Crippen LogP contribution in [0, 0.1) is 23.6 Å². The Morgan fingerprint density at radius 2 is 1.79 bits per heavy atom. The first-order valence-corrected chi connectivity index (χ1v) is 22.2.